The molecule has 0 saturated carbocycles. The Morgan fingerprint density at radius 2 is 1.83 bits per heavy atom. The zero-order valence-corrected chi connectivity index (χ0v) is 4.81. The second kappa shape index (κ2) is 4.83. The zero-order valence-electron chi connectivity index (χ0n) is 2.54. The molecule has 0 fully saturated rings. The fourth-order valence-corrected chi connectivity index (χ4v) is 0. The van der Waals surface area contributed by atoms with Gasteiger partial charge in [0.25, 0.3) is 0 Å². The Bertz CT molecular complexity index is 59.8. The Hall–Kier alpha value is -0.172. The molecular formula is C2O3Pt. The molecule has 0 unspecified atom stereocenters. The van der Waals surface area contributed by atoms with Crippen LogP contribution in [0, 0.1) is 0 Å². The van der Waals surface area contributed by atoms with Crippen molar-refractivity contribution < 1.29 is 35.8 Å². The summed E-state index contributed by atoms with van der Waals surface area (Å²) in [5.41, 5.74) is 0. The van der Waals surface area contributed by atoms with Crippen molar-refractivity contribution in [1.82, 2.24) is 0 Å². The van der Waals surface area contributed by atoms with Crippen LogP contribution < -0.4 is 5.11 Å². The first-order chi connectivity index (χ1) is 2.27. The minimum absolute atomic E-state index is 0. The van der Waals surface area contributed by atoms with Crippen molar-refractivity contribution in [3.63, 3.8) is 0 Å². The van der Waals surface area contributed by atoms with E-state index in [1.807, 2.05) is 0 Å². The van der Waals surface area contributed by atoms with E-state index in [1.165, 1.54) is 0 Å². The van der Waals surface area contributed by atoms with Crippen LogP contribution in [0.25, 0.3) is 0 Å². The SMILES string of the molecule is O=[C-]C(=O)[O-].[Pt+2]. The molecule has 0 aliphatic heterocycles. The maximum atomic E-state index is 8.83. The molecule has 0 aromatic rings. The Labute approximate surface area is 48.6 Å². The van der Waals surface area contributed by atoms with Gasteiger partial charge in [-0.2, -0.15) is 0 Å². The number of carbonyl (C=O) groups is 1. The molecule has 0 aliphatic carbocycles. The fraction of sp³-hybridized carbons (Fsp3) is 0. The molecule has 36 valence electrons. The molecule has 4 heteroatoms. The van der Waals surface area contributed by atoms with Crippen LogP contribution >= 0.6 is 0 Å². The molecule has 0 amide bonds. The molecule has 0 bridgehead atoms. The van der Waals surface area contributed by atoms with Crippen LogP contribution in [0.3, 0.4) is 0 Å². The summed E-state index contributed by atoms with van der Waals surface area (Å²) in [6.45, 7) is 0. The third kappa shape index (κ3) is 9.16. The average molecular weight is 267 g/mol. The summed E-state index contributed by atoms with van der Waals surface area (Å²) in [5, 5.41) is 8.83. The standard InChI is InChI=1S/C2HO3.Pt/c3-1-2(4)5;/h(H,4,5);/q-1;+2/p-1. The summed E-state index contributed by atoms with van der Waals surface area (Å²) in [6, 6.07) is 0. The van der Waals surface area contributed by atoms with Crippen molar-refractivity contribution in [3.8, 4) is 0 Å². The van der Waals surface area contributed by atoms with Gasteiger partial charge in [-0.05, 0) is 0 Å². The third-order valence-corrected chi connectivity index (χ3v) is 0.0833. The van der Waals surface area contributed by atoms with Gasteiger partial charge in [-0.15, -0.1) is 0 Å². The van der Waals surface area contributed by atoms with Gasteiger partial charge in [0.15, 0.2) is 0 Å². The molecule has 0 heterocycles. The van der Waals surface area contributed by atoms with E-state index in [2.05, 4.69) is 0 Å². The first-order valence-corrected chi connectivity index (χ1v) is 0.862. The molecule has 0 saturated heterocycles. The third-order valence-electron chi connectivity index (χ3n) is 0.0833. The molecular weight excluding hydrogens is 267 g/mol. The first kappa shape index (κ1) is 9.27. The van der Waals surface area contributed by atoms with Gasteiger partial charge in [-0.25, -0.2) is 6.29 Å². The molecule has 0 aliphatic rings. The second-order valence-corrected chi connectivity index (χ2v) is 0.390. The van der Waals surface area contributed by atoms with Crippen molar-refractivity contribution >= 4 is 12.3 Å². The normalized spacial score (nSPS) is 5.33. The minimum Gasteiger partial charge on any atom is -0.583 e. The topological polar surface area (TPSA) is 57.2 Å². The molecule has 0 radical (unpaired) electrons. The summed E-state index contributed by atoms with van der Waals surface area (Å²) in [5.74, 6) is -1.80. The van der Waals surface area contributed by atoms with E-state index in [-0.39, 0.29) is 21.1 Å². The van der Waals surface area contributed by atoms with Gasteiger partial charge in [0.2, 0.25) is 0 Å². The van der Waals surface area contributed by atoms with Gasteiger partial charge >= 0.3 is 21.1 Å². The van der Waals surface area contributed by atoms with Crippen molar-refractivity contribution in [3.05, 3.63) is 0 Å². The predicted molar refractivity (Wildman–Crippen MR) is 10.7 cm³/mol. The van der Waals surface area contributed by atoms with Crippen LogP contribution in [0.5, 0.6) is 0 Å². The van der Waals surface area contributed by atoms with Gasteiger partial charge in [0.05, 0.1) is 0 Å². The summed E-state index contributed by atoms with van der Waals surface area (Å²) >= 11 is 0. The molecule has 0 spiro atoms. The maximum absolute atomic E-state index is 8.83. The largest absolute Gasteiger partial charge is 2.00 e. The monoisotopic (exact) mass is 267 g/mol. The molecule has 6 heavy (non-hydrogen) atoms. The van der Waals surface area contributed by atoms with Gasteiger partial charge in [-0.3, -0.25) is 0 Å². The molecule has 0 atom stereocenters. The molecule has 0 N–H and O–H groups in total. The van der Waals surface area contributed by atoms with E-state index in [0.717, 1.165) is 0 Å². The summed E-state index contributed by atoms with van der Waals surface area (Å²) < 4.78 is 0. The van der Waals surface area contributed by atoms with Gasteiger partial charge in [0.1, 0.15) is 0 Å². The van der Waals surface area contributed by atoms with Crippen molar-refractivity contribution in [2.45, 2.75) is 0 Å². The van der Waals surface area contributed by atoms with Crippen molar-refractivity contribution in [2.24, 2.45) is 0 Å². The number of carboxylic acids is 1. The van der Waals surface area contributed by atoms with Crippen molar-refractivity contribution in [1.29, 1.82) is 0 Å². The minimum atomic E-state index is -1.80. The van der Waals surface area contributed by atoms with E-state index < -0.39 is 5.97 Å². The van der Waals surface area contributed by atoms with E-state index in [0.29, 0.717) is 6.29 Å². The fourth-order valence-electron chi connectivity index (χ4n) is 0. The number of rotatable bonds is 1. The van der Waals surface area contributed by atoms with E-state index >= 15 is 0 Å². The number of hydrogen-bond acceptors (Lipinski definition) is 3. The van der Waals surface area contributed by atoms with Crippen LogP contribution in [0.4, 0.5) is 0 Å². The van der Waals surface area contributed by atoms with Crippen LogP contribution in [0.15, 0.2) is 0 Å². The molecule has 0 aromatic carbocycles. The summed E-state index contributed by atoms with van der Waals surface area (Å²) in [4.78, 5) is 17.6. The number of aliphatic carboxylic acids is 1. The number of carbonyl (C=O) groups excluding carboxylic acids is 2. The summed E-state index contributed by atoms with van der Waals surface area (Å²) in [7, 11) is 0. The van der Waals surface area contributed by atoms with E-state index in [4.69, 9.17) is 14.7 Å². The number of hydrogen-bond donors (Lipinski definition) is 0. The zero-order chi connectivity index (χ0) is 4.28. The van der Waals surface area contributed by atoms with Crippen LogP contribution in [0.1, 0.15) is 0 Å². The molecule has 3 nitrogen and oxygen atoms in total. The van der Waals surface area contributed by atoms with Gasteiger partial charge < -0.3 is 14.7 Å². The number of carboxylic acid groups (broad SMARTS) is 1. The average Bonchev–Trinajstić information content (AvgIpc) is 1.38. The smallest absolute Gasteiger partial charge is 0.583 e. The second-order valence-electron chi connectivity index (χ2n) is 0.390. The maximum Gasteiger partial charge on any atom is 2.00 e. The quantitative estimate of drug-likeness (QED) is 0.402. The Balaban J connectivity index is 0. The van der Waals surface area contributed by atoms with E-state index in [1.54, 1.807) is 0 Å². The molecule has 0 aromatic heterocycles. The van der Waals surface area contributed by atoms with Crippen molar-refractivity contribution in [2.75, 3.05) is 0 Å². The first-order valence-electron chi connectivity index (χ1n) is 0.862. The van der Waals surface area contributed by atoms with Crippen LogP contribution in [0.2, 0.25) is 0 Å². The van der Waals surface area contributed by atoms with Gasteiger partial charge in [-0.1, -0.05) is 5.97 Å². The molecule has 0 rings (SSSR count). The van der Waals surface area contributed by atoms with E-state index in [9.17, 15) is 0 Å². The van der Waals surface area contributed by atoms with Crippen LogP contribution in [-0.4, -0.2) is 12.3 Å². The summed E-state index contributed by atoms with van der Waals surface area (Å²) in [6.07, 6.45) is 0.583. The Morgan fingerprint density at radius 1 is 1.67 bits per heavy atom. The van der Waals surface area contributed by atoms with Crippen LogP contribution in [-0.2, 0) is 30.7 Å². The Morgan fingerprint density at radius 3 is 1.83 bits per heavy atom. The van der Waals surface area contributed by atoms with Gasteiger partial charge in [0, 0.05) is 0 Å². The Kier molecular flexibility index (Phi) is 7.46. The predicted octanol–water partition coefficient (Wildman–Crippen LogP) is -2.16.